The highest BCUT2D eigenvalue weighted by Crippen LogP contribution is 2.24. The molecule has 7 nitrogen and oxygen atoms in total. The summed E-state index contributed by atoms with van der Waals surface area (Å²) in [6.45, 7) is 10.2. The van der Waals surface area contributed by atoms with Crippen LogP contribution in [0.25, 0.3) is 0 Å². The molecule has 21 heavy (non-hydrogen) atoms. The van der Waals surface area contributed by atoms with Crippen LogP contribution in [0, 0.1) is 6.92 Å². The van der Waals surface area contributed by atoms with Crippen molar-refractivity contribution in [2.75, 3.05) is 29.9 Å². The Hall–Kier alpha value is -1.41. The Balaban J connectivity index is 2.87. The maximum atomic E-state index is 11.6. The van der Waals surface area contributed by atoms with Crippen LogP contribution in [0.1, 0.15) is 39.1 Å². The molecule has 0 aliphatic heterocycles. The molecule has 0 bridgehead atoms. The average Bonchev–Trinajstić information content (AvgIpc) is 2.32. The quantitative estimate of drug-likeness (QED) is 0.723. The fourth-order valence-corrected chi connectivity index (χ4v) is 2.59. The van der Waals surface area contributed by atoms with E-state index in [1.165, 1.54) is 0 Å². The van der Waals surface area contributed by atoms with Gasteiger partial charge in [-0.1, -0.05) is 27.7 Å². The van der Waals surface area contributed by atoms with Gasteiger partial charge < -0.3 is 11.1 Å². The highest BCUT2D eigenvalue weighted by atomic mass is 32.2. The van der Waals surface area contributed by atoms with Gasteiger partial charge in [0.05, 0.1) is 5.75 Å². The number of nitrogens with zero attached hydrogens (tertiary/aromatic N) is 2. The monoisotopic (exact) mass is 315 g/mol. The summed E-state index contributed by atoms with van der Waals surface area (Å²) in [5, 5.41) is 3.03. The first-order valence-corrected chi connectivity index (χ1v) is 8.58. The van der Waals surface area contributed by atoms with E-state index in [0.717, 1.165) is 5.56 Å². The first-order valence-electron chi connectivity index (χ1n) is 6.92. The maximum Gasteiger partial charge on any atom is 0.213 e. The number of rotatable bonds is 6. The summed E-state index contributed by atoms with van der Waals surface area (Å²) in [4.78, 5) is 8.74. The molecule has 4 N–H and O–H groups in total. The van der Waals surface area contributed by atoms with Crippen LogP contribution in [-0.4, -0.2) is 37.2 Å². The second-order valence-corrected chi connectivity index (χ2v) is 7.83. The lowest BCUT2D eigenvalue weighted by atomic mass is 9.95. The van der Waals surface area contributed by atoms with E-state index in [0.29, 0.717) is 24.0 Å². The summed E-state index contributed by atoms with van der Waals surface area (Å²) < 4.78 is 25.6. The van der Waals surface area contributed by atoms with Gasteiger partial charge in [-0.25, -0.2) is 23.1 Å². The van der Waals surface area contributed by atoms with Crippen LogP contribution in [0.15, 0.2) is 0 Å². The molecule has 1 aromatic heterocycles. The second-order valence-electron chi connectivity index (χ2n) is 5.90. The van der Waals surface area contributed by atoms with E-state index in [-0.39, 0.29) is 17.7 Å². The van der Waals surface area contributed by atoms with E-state index in [4.69, 9.17) is 5.73 Å². The van der Waals surface area contributed by atoms with E-state index in [1.54, 1.807) is 6.92 Å². The number of anilines is 2. The van der Waals surface area contributed by atoms with Crippen LogP contribution in [0.5, 0.6) is 0 Å². The Kier molecular flexibility index (Phi) is 5.52. The molecule has 0 atom stereocenters. The Morgan fingerprint density at radius 3 is 2.38 bits per heavy atom. The Morgan fingerprint density at radius 2 is 1.86 bits per heavy atom. The van der Waals surface area contributed by atoms with E-state index in [2.05, 4.69) is 20.0 Å². The van der Waals surface area contributed by atoms with Crippen molar-refractivity contribution >= 4 is 21.7 Å². The molecular formula is C13H25N5O2S. The van der Waals surface area contributed by atoms with Crippen molar-refractivity contribution in [2.45, 2.75) is 40.0 Å². The van der Waals surface area contributed by atoms with Crippen molar-refractivity contribution in [3.8, 4) is 0 Å². The van der Waals surface area contributed by atoms with Crippen LogP contribution >= 0.6 is 0 Å². The number of nitrogens with one attached hydrogen (secondary N) is 2. The van der Waals surface area contributed by atoms with Crippen molar-refractivity contribution in [3.63, 3.8) is 0 Å². The zero-order valence-electron chi connectivity index (χ0n) is 13.3. The standard InChI is InChI=1S/C13H25N5O2S/c1-6-16-21(19,20)8-7-15-11-9(2)10(14)17-12(18-11)13(3,4)5/h16H,6-8H2,1-5H3,(H3,14,15,17,18). The number of nitrogens with two attached hydrogens (primary N) is 1. The lowest BCUT2D eigenvalue weighted by Gasteiger charge is -2.19. The third-order valence-electron chi connectivity index (χ3n) is 2.88. The summed E-state index contributed by atoms with van der Waals surface area (Å²) in [6.07, 6.45) is 0. The predicted molar refractivity (Wildman–Crippen MR) is 85.8 cm³/mol. The molecule has 0 fully saturated rings. The largest absolute Gasteiger partial charge is 0.383 e. The van der Waals surface area contributed by atoms with Crippen LogP contribution in [0.2, 0.25) is 0 Å². The van der Waals surface area contributed by atoms with Crippen molar-refractivity contribution in [1.29, 1.82) is 0 Å². The molecule has 0 spiro atoms. The number of hydrogen-bond donors (Lipinski definition) is 3. The minimum absolute atomic E-state index is 0.0188. The first kappa shape index (κ1) is 17.6. The molecule has 8 heteroatoms. The third-order valence-corrected chi connectivity index (χ3v) is 4.35. The highest BCUT2D eigenvalue weighted by molar-refractivity contribution is 7.89. The molecular weight excluding hydrogens is 290 g/mol. The van der Waals surface area contributed by atoms with Gasteiger partial charge in [0.15, 0.2) is 0 Å². The molecule has 0 aliphatic carbocycles. The van der Waals surface area contributed by atoms with Gasteiger partial charge in [0.25, 0.3) is 0 Å². The zero-order valence-corrected chi connectivity index (χ0v) is 14.1. The van der Waals surface area contributed by atoms with E-state index in [9.17, 15) is 8.42 Å². The van der Waals surface area contributed by atoms with Gasteiger partial charge in [-0.15, -0.1) is 0 Å². The summed E-state index contributed by atoms with van der Waals surface area (Å²) in [7, 11) is -3.25. The molecule has 0 saturated carbocycles. The lowest BCUT2D eigenvalue weighted by molar-refractivity contribution is 0.546. The van der Waals surface area contributed by atoms with Gasteiger partial charge in [0.2, 0.25) is 10.0 Å². The topological polar surface area (TPSA) is 110 Å². The Bertz CT molecular complexity index is 593. The summed E-state index contributed by atoms with van der Waals surface area (Å²) in [6, 6.07) is 0. The number of hydrogen-bond acceptors (Lipinski definition) is 6. The maximum absolute atomic E-state index is 11.6. The van der Waals surface area contributed by atoms with Crippen LogP contribution < -0.4 is 15.8 Å². The van der Waals surface area contributed by atoms with E-state index >= 15 is 0 Å². The smallest absolute Gasteiger partial charge is 0.213 e. The minimum Gasteiger partial charge on any atom is -0.383 e. The van der Waals surface area contributed by atoms with E-state index < -0.39 is 10.0 Å². The molecule has 1 rings (SSSR count). The van der Waals surface area contributed by atoms with Crippen molar-refractivity contribution < 1.29 is 8.42 Å². The van der Waals surface area contributed by atoms with Gasteiger partial charge in [-0.3, -0.25) is 0 Å². The van der Waals surface area contributed by atoms with Gasteiger partial charge in [0.1, 0.15) is 17.5 Å². The predicted octanol–water partition coefficient (Wildman–Crippen LogP) is 1.02. The van der Waals surface area contributed by atoms with Crippen LogP contribution in [0.3, 0.4) is 0 Å². The van der Waals surface area contributed by atoms with Gasteiger partial charge in [-0.2, -0.15) is 0 Å². The first-order chi connectivity index (χ1) is 9.57. The molecule has 0 amide bonds. The van der Waals surface area contributed by atoms with Gasteiger partial charge in [-0.05, 0) is 6.92 Å². The molecule has 1 heterocycles. The van der Waals surface area contributed by atoms with Crippen molar-refractivity contribution in [2.24, 2.45) is 0 Å². The second kappa shape index (κ2) is 6.57. The fraction of sp³-hybridized carbons (Fsp3) is 0.692. The summed E-state index contributed by atoms with van der Waals surface area (Å²) >= 11 is 0. The molecule has 0 aromatic carbocycles. The summed E-state index contributed by atoms with van der Waals surface area (Å²) in [5.74, 6) is 1.60. The third kappa shape index (κ3) is 5.13. The highest BCUT2D eigenvalue weighted by Gasteiger charge is 2.20. The Labute approximate surface area is 126 Å². The fourth-order valence-electron chi connectivity index (χ4n) is 1.64. The molecule has 0 unspecified atom stereocenters. The molecule has 0 radical (unpaired) electrons. The van der Waals surface area contributed by atoms with Crippen LogP contribution in [0.4, 0.5) is 11.6 Å². The minimum atomic E-state index is -3.25. The van der Waals surface area contributed by atoms with Crippen molar-refractivity contribution in [1.82, 2.24) is 14.7 Å². The normalized spacial score (nSPS) is 12.4. The number of nitrogen functional groups attached to an aromatic ring is 1. The number of sulfonamides is 1. The molecule has 0 aliphatic rings. The average molecular weight is 315 g/mol. The zero-order chi connectivity index (χ0) is 16.3. The van der Waals surface area contributed by atoms with Crippen molar-refractivity contribution in [3.05, 3.63) is 11.4 Å². The molecule has 1 aromatic rings. The van der Waals surface area contributed by atoms with Gasteiger partial charge >= 0.3 is 0 Å². The summed E-state index contributed by atoms with van der Waals surface area (Å²) in [5.41, 5.74) is 6.40. The lowest BCUT2D eigenvalue weighted by Crippen LogP contribution is -2.29. The molecule has 0 saturated heterocycles. The van der Waals surface area contributed by atoms with Gasteiger partial charge in [0, 0.05) is 24.1 Å². The van der Waals surface area contributed by atoms with E-state index in [1.807, 2.05) is 27.7 Å². The molecule has 120 valence electrons. The van der Waals surface area contributed by atoms with Crippen LogP contribution in [-0.2, 0) is 15.4 Å². The number of aromatic nitrogens is 2. The SMILES string of the molecule is CCNS(=O)(=O)CCNc1nc(C(C)(C)C)nc(N)c1C. The Morgan fingerprint density at radius 1 is 1.24 bits per heavy atom.